The lowest BCUT2D eigenvalue weighted by Crippen LogP contribution is -2.33. The molecule has 1 aromatic rings. The van der Waals surface area contributed by atoms with Crippen LogP contribution in [-0.4, -0.2) is 40.7 Å². The van der Waals surface area contributed by atoms with Gasteiger partial charge in [-0.15, -0.1) is 0 Å². The summed E-state index contributed by atoms with van der Waals surface area (Å²) in [4.78, 5) is 4.61. The van der Waals surface area contributed by atoms with Gasteiger partial charge in [0.25, 0.3) is 0 Å². The number of hydrogen-bond acceptors (Lipinski definition) is 4. The largest absolute Gasteiger partial charge is 0.376 e. The maximum Gasteiger partial charge on any atom is 0.147 e. The quantitative estimate of drug-likeness (QED) is 0.819. The van der Waals surface area contributed by atoms with Crippen molar-refractivity contribution in [1.29, 1.82) is 0 Å². The van der Waals surface area contributed by atoms with Crippen LogP contribution in [0.25, 0.3) is 0 Å². The molecule has 2 fully saturated rings. The Bertz CT molecular complexity index is 393. The van der Waals surface area contributed by atoms with Gasteiger partial charge in [0, 0.05) is 5.92 Å². The zero-order chi connectivity index (χ0) is 12.4. The molecule has 3 rings (SSSR count). The van der Waals surface area contributed by atoms with E-state index in [1.807, 2.05) is 11.6 Å². The van der Waals surface area contributed by atoms with Crippen molar-refractivity contribution in [2.45, 2.75) is 51.2 Å². The van der Waals surface area contributed by atoms with Gasteiger partial charge in [0.2, 0.25) is 0 Å². The molecule has 1 aliphatic carbocycles. The molecule has 2 aliphatic rings. The summed E-state index contributed by atoms with van der Waals surface area (Å²) >= 11 is 0. The molecule has 0 radical (unpaired) electrons. The maximum atomic E-state index is 5.70. The zero-order valence-corrected chi connectivity index (χ0v) is 11.0. The second-order valence-corrected chi connectivity index (χ2v) is 5.25. The summed E-state index contributed by atoms with van der Waals surface area (Å²) < 4.78 is 13.2. The third kappa shape index (κ3) is 2.57. The van der Waals surface area contributed by atoms with Gasteiger partial charge in [-0.1, -0.05) is 12.8 Å². The van der Waals surface area contributed by atoms with Crippen LogP contribution < -0.4 is 0 Å². The van der Waals surface area contributed by atoms with E-state index in [1.54, 1.807) is 0 Å². The number of nitrogens with zero attached hydrogens (tertiary/aromatic N) is 3. The standard InChI is InChI=1S/C13H21N3O2/c1-10-14-13(11-4-2-3-5-11)16(15-10)8-12-9-17-6-7-18-12/h11-12H,2-9H2,1H3/t12-/m0/s1. The predicted molar refractivity (Wildman–Crippen MR) is 66.5 cm³/mol. The summed E-state index contributed by atoms with van der Waals surface area (Å²) in [5, 5.41) is 4.52. The van der Waals surface area contributed by atoms with Crippen LogP contribution in [0.1, 0.15) is 43.3 Å². The SMILES string of the molecule is Cc1nc(C2CCCC2)n(C[C@H]2COCCO2)n1. The fraction of sp³-hybridized carbons (Fsp3) is 0.846. The van der Waals surface area contributed by atoms with E-state index in [0.29, 0.717) is 25.7 Å². The first-order chi connectivity index (χ1) is 8.83. The third-order valence-electron chi connectivity index (χ3n) is 3.79. The van der Waals surface area contributed by atoms with Crippen molar-refractivity contribution < 1.29 is 9.47 Å². The Kier molecular flexibility index (Phi) is 3.61. The minimum Gasteiger partial charge on any atom is -0.376 e. The Morgan fingerprint density at radius 1 is 1.28 bits per heavy atom. The molecule has 18 heavy (non-hydrogen) atoms. The van der Waals surface area contributed by atoms with Crippen molar-refractivity contribution in [1.82, 2.24) is 14.8 Å². The lowest BCUT2D eigenvalue weighted by atomic mass is 10.1. The number of rotatable bonds is 3. The van der Waals surface area contributed by atoms with Crippen LogP contribution in [-0.2, 0) is 16.0 Å². The average Bonchev–Trinajstić information content (AvgIpc) is 3.00. The second-order valence-electron chi connectivity index (χ2n) is 5.25. The molecule has 0 unspecified atom stereocenters. The summed E-state index contributed by atoms with van der Waals surface area (Å²) in [5.74, 6) is 2.61. The van der Waals surface area contributed by atoms with Crippen molar-refractivity contribution >= 4 is 0 Å². The Morgan fingerprint density at radius 3 is 2.83 bits per heavy atom. The van der Waals surface area contributed by atoms with Gasteiger partial charge < -0.3 is 9.47 Å². The number of hydrogen-bond donors (Lipinski definition) is 0. The predicted octanol–water partition coefficient (Wildman–Crippen LogP) is 1.66. The molecule has 100 valence electrons. The highest BCUT2D eigenvalue weighted by Gasteiger charge is 2.25. The Morgan fingerprint density at radius 2 is 2.11 bits per heavy atom. The number of ether oxygens (including phenoxy) is 2. The minimum atomic E-state index is 0.125. The zero-order valence-electron chi connectivity index (χ0n) is 11.0. The summed E-state index contributed by atoms with van der Waals surface area (Å²) in [6, 6.07) is 0. The molecule has 0 spiro atoms. The number of aryl methyl sites for hydroxylation is 1. The number of aromatic nitrogens is 3. The van der Waals surface area contributed by atoms with Crippen LogP contribution in [0.5, 0.6) is 0 Å². The van der Waals surface area contributed by atoms with Gasteiger partial charge in [-0.3, -0.25) is 0 Å². The van der Waals surface area contributed by atoms with Crippen LogP contribution >= 0.6 is 0 Å². The normalized spacial score (nSPS) is 25.7. The third-order valence-corrected chi connectivity index (χ3v) is 3.79. The molecule has 1 aliphatic heterocycles. The molecule has 0 aromatic carbocycles. The molecule has 0 N–H and O–H groups in total. The summed E-state index contributed by atoms with van der Waals surface area (Å²) in [6.45, 7) is 4.81. The van der Waals surface area contributed by atoms with E-state index in [4.69, 9.17) is 9.47 Å². The molecular formula is C13H21N3O2. The van der Waals surface area contributed by atoms with E-state index >= 15 is 0 Å². The molecule has 1 atom stereocenters. The Labute approximate surface area is 107 Å². The lowest BCUT2D eigenvalue weighted by Gasteiger charge is -2.23. The van der Waals surface area contributed by atoms with Crippen LogP contribution in [0, 0.1) is 6.92 Å². The van der Waals surface area contributed by atoms with Crippen LogP contribution in [0.2, 0.25) is 0 Å². The summed E-state index contributed by atoms with van der Waals surface area (Å²) in [6.07, 6.45) is 5.26. The summed E-state index contributed by atoms with van der Waals surface area (Å²) in [7, 11) is 0. The molecule has 1 aromatic heterocycles. The average molecular weight is 251 g/mol. The van der Waals surface area contributed by atoms with Gasteiger partial charge in [-0.25, -0.2) is 9.67 Å². The van der Waals surface area contributed by atoms with Crippen molar-refractivity contribution in [3.05, 3.63) is 11.6 Å². The van der Waals surface area contributed by atoms with E-state index in [0.717, 1.165) is 18.2 Å². The molecule has 0 amide bonds. The van der Waals surface area contributed by atoms with E-state index in [-0.39, 0.29) is 6.10 Å². The first-order valence-corrected chi connectivity index (χ1v) is 6.93. The van der Waals surface area contributed by atoms with Crippen LogP contribution in [0.4, 0.5) is 0 Å². The van der Waals surface area contributed by atoms with Gasteiger partial charge in [-0.2, -0.15) is 5.10 Å². The molecule has 5 heteroatoms. The van der Waals surface area contributed by atoms with Crippen LogP contribution in [0.15, 0.2) is 0 Å². The molecular weight excluding hydrogens is 230 g/mol. The fourth-order valence-corrected chi connectivity index (χ4v) is 2.93. The smallest absolute Gasteiger partial charge is 0.147 e. The van der Waals surface area contributed by atoms with E-state index in [9.17, 15) is 0 Å². The molecule has 1 saturated carbocycles. The van der Waals surface area contributed by atoms with Gasteiger partial charge in [0.05, 0.1) is 26.4 Å². The van der Waals surface area contributed by atoms with Crippen molar-refractivity contribution in [3.8, 4) is 0 Å². The van der Waals surface area contributed by atoms with Gasteiger partial charge >= 0.3 is 0 Å². The highest BCUT2D eigenvalue weighted by molar-refractivity contribution is 5.02. The summed E-state index contributed by atoms with van der Waals surface area (Å²) in [5.41, 5.74) is 0. The van der Waals surface area contributed by atoms with Gasteiger partial charge in [0.15, 0.2) is 0 Å². The Hall–Kier alpha value is -0.940. The van der Waals surface area contributed by atoms with Crippen molar-refractivity contribution in [2.75, 3.05) is 19.8 Å². The maximum absolute atomic E-state index is 5.70. The van der Waals surface area contributed by atoms with Crippen molar-refractivity contribution in [3.63, 3.8) is 0 Å². The molecule has 1 saturated heterocycles. The topological polar surface area (TPSA) is 49.2 Å². The van der Waals surface area contributed by atoms with E-state index in [2.05, 4.69) is 10.1 Å². The molecule has 5 nitrogen and oxygen atoms in total. The van der Waals surface area contributed by atoms with E-state index in [1.165, 1.54) is 25.7 Å². The van der Waals surface area contributed by atoms with E-state index < -0.39 is 0 Å². The highest BCUT2D eigenvalue weighted by Crippen LogP contribution is 2.33. The second kappa shape index (κ2) is 5.36. The Balaban J connectivity index is 1.73. The lowest BCUT2D eigenvalue weighted by molar-refractivity contribution is -0.0949. The first-order valence-electron chi connectivity index (χ1n) is 6.93. The molecule has 0 bridgehead atoms. The fourth-order valence-electron chi connectivity index (χ4n) is 2.93. The van der Waals surface area contributed by atoms with Crippen LogP contribution in [0.3, 0.4) is 0 Å². The molecule has 2 heterocycles. The first kappa shape index (κ1) is 12.1. The van der Waals surface area contributed by atoms with Crippen molar-refractivity contribution in [2.24, 2.45) is 0 Å². The van der Waals surface area contributed by atoms with Gasteiger partial charge in [-0.05, 0) is 19.8 Å². The van der Waals surface area contributed by atoms with Gasteiger partial charge in [0.1, 0.15) is 17.8 Å². The monoisotopic (exact) mass is 251 g/mol. The highest BCUT2D eigenvalue weighted by atomic mass is 16.6. The minimum absolute atomic E-state index is 0.125.